The number of carbonyl (C=O) groups excluding carboxylic acids is 2. The molecule has 2 saturated heterocycles. The monoisotopic (exact) mass is 283 g/mol. The van der Waals surface area contributed by atoms with Crippen molar-refractivity contribution in [3.05, 3.63) is 0 Å². The fourth-order valence-electron chi connectivity index (χ4n) is 3.15. The molecule has 0 aromatic carbocycles. The maximum atomic E-state index is 13.0. The first-order valence-corrected chi connectivity index (χ1v) is 7.34. The topological polar surface area (TPSA) is 70.7 Å². The zero-order valence-corrected chi connectivity index (χ0v) is 12.6. The van der Waals surface area contributed by atoms with Gasteiger partial charge in [-0.25, -0.2) is 0 Å². The normalized spacial score (nSPS) is 30.6. The molecular weight excluding hydrogens is 258 g/mol. The number of nitrogens with one attached hydrogen (secondary N) is 2. The van der Waals surface area contributed by atoms with Crippen LogP contribution in [0.3, 0.4) is 0 Å². The van der Waals surface area contributed by atoms with Gasteiger partial charge >= 0.3 is 0 Å². The minimum atomic E-state index is -0.502. The van der Waals surface area contributed by atoms with Crippen molar-refractivity contribution in [1.82, 2.24) is 15.5 Å². The molecule has 114 valence electrons. The molecule has 2 N–H and O–H groups in total. The molecule has 0 aliphatic carbocycles. The Bertz CT molecular complexity index is 378. The van der Waals surface area contributed by atoms with Crippen LogP contribution < -0.4 is 10.6 Å². The Morgan fingerprint density at radius 3 is 2.75 bits per heavy atom. The third kappa shape index (κ3) is 2.54. The zero-order valence-electron chi connectivity index (χ0n) is 12.6. The molecule has 2 rings (SSSR count). The van der Waals surface area contributed by atoms with Gasteiger partial charge in [-0.2, -0.15) is 0 Å². The van der Waals surface area contributed by atoms with Crippen LogP contribution in [0.1, 0.15) is 20.3 Å². The molecule has 6 heteroatoms. The number of nitrogens with zero attached hydrogens (tertiary/aromatic N) is 1. The Balaban J connectivity index is 2.22. The molecule has 2 aliphatic heterocycles. The van der Waals surface area contributed by atoms with Crippen molar-refractivity contribution in [1.29, 1.82) is 0 Å². The lowest BCUT2D eigenvalue weighted by atomic mass is 9.75. The van der Waals surface area contributed by atoms with Gasteiger partial charge in [-0.05, 0) is 18.9 Å². The summed E-state index contributed by atoms with van der Waals surface area (Å²) in [5.41, 5.74) is -0.385. The molecule has 0 saturated carbocycles. The number of ether oxygens (including phenoxy) is 1. The van der Waals surface area contributed by atoms with Gasteiger partial charge in [0.15, 0.2) is 0 Å². The number of hydrogen-bond acceptors (Lipinski definition) is 4. The highest BCUT2D eigenvalue weighted by Gasteiger charge is 2.48. The highest BCUT2D eigenvalue weighted by atomic mass is 16.5. The van der Waals surface area contributed by atoms with Crippen LogP contribution in [0, 0.1) is 11.3 Å². The van der Waals surface area contributed by atoms with Crippen LogP contribution in [0.25, 0.3) is 0 Å². The Hall–Kier alpha value is -1.14. The van der Waals surface area contributed by atoms with E-state index in [1.807, 2.05) is 0 Å². The molecule has 0 spiro atoms. The average molecular weight is 283 g/mol. The predicted octanol–water partition coefficient (Wildman–Crippen LogP) is -0.404. The van der Waals surface area contributed by atoms with E-state index in [1.165, 1.54) is 0 Å². The molecule has 0 radical (unpaired) electrons. The Morgan fingerprint density at radius 1 is 1.45 bits per heavy atom. The highest BCUT2D eigenvalue weighted by Crippen LogP contribution is 2.37. The van der Waals surface area contributed by atoms with E-state index in [-0.39, 0.29) is 29.8 Å². The Labute approximate surface area is 120 Å². The first-order valence-electron chi connectivity index (χ1n) is 7.34. The van der Waals surface area contributed by atoms with Crippen molar-refractivity contribution in [2.45, 2.75) is 26.3 Å². The summed E-state index contributed by atoms with van der Waals surface area (Å²) >= 11 is 0. The van der Waals surface area contributed by atoms with E-state index < -0.39 is 6.04 Å². The van der Waals surface area contributed by atoms with Crippen molar-refractivity contribution in [3.63, 3.8) is 0 Å². The van der Waals surface area contributed by atoms with Crippen LogP contribution in [0.15, 0.2) is 0 Å². The molecule has 6 nitrogen and oxygen atoms in total. The van der Waals surface area contributed by atoms with Crippen LogP contribution >= 0.6 is 0 Å². The third-order valence-electron chi connectivity index (χ3n) is 4.66. The predicted molar refractivity (Wildman–Crippen MR) is 75.1 cm³/mol. The lowest BCUT2D eigenvalue weighted by molar-refractivity contribution is -0.157. The molecule has 2 heterocycles. The number of carbonyl (C=O) groups is 2. The third-order valence-corrected chi connectivity index (χ3v) is 4.66. The van der Waals surface area contributed by atoms with E-state index in [2.05, 4.69) is 24.5 Å². The molecule has 2 amide bonds. The number of likely N-dealkylation sites (N-methyl/N-ethyl adjacent to an activating group) is 1. The van der Waals surface area contributed by atoms with Crippen molar-refractivity contribution in [2.24, 2.45) is 11.3 Å². The first-order chi connectivity index (χ1) is 9.53. The molecule has 2 unspecified atom stereocenters. The largest absolute Gasteiger partial charge is 0.377 e. The van der Waals surface area contributed by atoms with Gasteiger partial charge in [0, 0.05) is 20.1 Å². The molecule has 2 atom stereocenters. The summed E-state index contributed by atoms with van der Waals surface area (Å²) in [6.07, 6.45) is 0.835. The quantitative estimate of drug-likeness (QED) is 0.739. The molecule has 0 aromatic rings. The van der Waals surface area contributed by atoms with Gasteiger partial charge in [-0.3, -0.25) is 9.59 Å². The average Bonchev–Trinajstić information content (AvgIpc) is 2.96. The van der Waals surface area contributed by atoms with Gasteiger partial charge in [0.25, 0.3) is 0 Å². The molecule has 0 aromatic heterocycles. The fraction of sp³-hybridized carbons (Fsp3) is 0.857. The summed E-state index contributed by atoms with van der Waals surface area (Å²) in [6.45, 7) is 7.00. The smallest absolute Gasteiger partial charge is 0.244 e. The summed E-state index contributed by atoms with van der Waals surface area (Å²) in [5.74, 6) is 0.190. The molecule has 0 bridgehead atoms. The number of hydrogen-bond donors (Lipinski definition) is 2. The SMILES string of the molecule is CNC(=O)C1COCCN1C(=O)C1(C(C)C)CCNC1. The van der Waals surface area contributed by atoms with E-state index in [1.54, 1.807) is 11.9 Å². The summed E-state index contributed by atoms with van der Waals surface area (Å²) in [6, 6.07) is -0.502. The minimum absolute atomic E-state index is 0.0920. The molecule has 20 heavy (non-hydrogen) atoms. The summed E-state index contributed by atoms with van der Waals surface area (Å²) < 4.78 is 5.37. The number of rotatable bonds is 3. The first kappa shape index (κ1) is 15.3. The van der Waals surface area contributed by atoms with Crippen molar-refractivity contribution in [3.8, 4) is 0 Å². The van der Waals surface area contributed by atoms with Crippen molar-refractivity contribution < 1.29 is 14.3 Å². The van der Waals surface area contributed by atoms with Crippen molar-refractivity contribution >= 4 is 11.8 Å². The summed E-state index contributed by atoms with van der Waals surface area (Å²) in [5, 5.41) is 5.92. The highest BCUT2D eigenvalue weighted by molar-refractivity contribution is 5.90. The van der Waals surface area contributed by atoms with Crippen LogP contribution in [0.5, 0.6) is 0 Å². The van der Waals surface area contributed by atoms with Gasteiger partial charge < -0.3 is 20.3 Å². The Morgan fingerprint density at radius 2 is 2.20 bits per heavy atom. The van der Waals surface area contributed by atoms with E-state index in [4.69, 9.17) is 4.74 Å². The van der Waals surface area contributed by atoms with Gasteiger partial charge in [0.1, 0.15) is 6.04 Å². The molecule has 2 aliphatic rings. The van der Waals surface area contributed by atoms with Gasteiger partial charge in [-0.15, -0.1) is 0 Å². The van der Waals surface area contributed by atoms with Crippen LogP contribution in [-0.4, -0.2) is 62.7 Å². The number of morpholine rings is 1. The van der Waals surface area contributed by atoms with E-state index in [9.17, 15) is 9.59 Å². The number of amides is 2. The second-order valence-electron chi connectivity index (χ2n) is 5.94. The fourth-order valence-corrected chi connectivity index (χ4v) is 3.15. The van der Waals surface area contributed by atoms with E-state index in [0.29, 0.717) is 19.7 Å². The minimum Gasteiger partial charge on any atom is -0.377 e. The maximum Gasteiger partial charge on any atom is 0.244 e. The van der Waals surface area contributed by atoms with Gasteiger partial charge in [0.05, 0.1) is 18.6 Å². The summed E-state index contributed by atoms with van der Waals surface area (Å²) in [7, 11) is 1.59. The second-order valence-corrected chi connectivity index (χ2v) is 5.94. The second kappa shape index (κ2) is 6.10. The van der Waals surface area contributed by atoms with E-state index in [0.717, 1.165) is 13.0 Å². The summed E-state index contributed by atoms with van der Waals surface area (Å²) in [4.78, 5) is 26.7. The maximum absolute atomic E-state index is 13.0. The van der Waals surface area contributed by atoms with Crippen molar-refractivity contribution in [2.75, 3.05) is 39.9 Å². The molecule has 2 fully saturated rings. The lowest BCUT2D eigenvalue weighted by Crippen LogP contribution is -2.60. The van der Waals surface area contributed by atoms with Gasteiger partial charge in [-0.1, -0.05) is 13.8 Å². The zero-order chi connectivity index (χ0) is 14.8. The lowest BCUT2D eigenvalue weighted by Gasteiger charge is -2.41. The van der Waals surface area contributed by atoms with Gasteiger partial charge in [0.2, 0.25) is 11.8 Å². The molecular formula is C14H25N3O3. The van der Waals surface area contributed by atoms with E-state index >= 15 is 0 Å². The standard InChI is InChI=1S/C14H25N3O3/c1-10(2)14(4-5-16-9-14)13(19)17-6-7-20-8-11(17)12(18)15-3/h10-11,16H,4-9H2,1-3H3,(H,15,18). The van der Waals surface area contributed by atoms with Crippen LogP contribution in [-0.2, 0) is 14.3 Å². The van der Waals surface area contributed by atoms with Crippen LogP contribution in [0.4, 0.5) is 0 Å². The Kier molecular flexibility index (Phi) is 4.65. The van der Waals surface area contributed by atoms with Crippen LogP contribution in [0.2, 0.25) is 0 Å².